The van der Waals surface area contributed by atoms with Crippen LogP contribution < -0.4 is 5.73 Å². The van der Waals surface area contributed by atoms with Gasteiger partial charge in [0.15, 0.2) is 0 Å². The molecule has 84 valence electrons. The summed E-state index contributed by atoms with van der Waals surface area (Å²) in [4.78, 5) is 0.255. The smallest absolute Gasteiger partial charge is 0.398 e. The van der Waals surface area contributed by atoms with Crippen LogP contribution in [0.3, 0.4) is 0 Å². The first-order valence-electron chi connectivity index (χ1n) is 4.21. The van der Waals surface area contributed by atoms with E-state index >= 15 is 0 Å². The Morgan fingerprint density at radius 2 is 2.00 bits per heavy atom. The zero-order chi connectivity index (χ0) is 11.6. The number of anilines is 1. The van der Waals surface area contributed by atoms with Crippen LogP contribution in [-0.2, 0) is 17.0 Å². The van der Waals surface area contributed by atoms with Crippen LogP contribution >= 0.6 is 0 Å². The van der Waals surface area contributed by atoms with Crippen LogP contribution in [0.25, 0.3) is 0 Å². The number of hydrogen-bond donors (Lipinski definition) is 1. The van der Waals surface area contributed by atoms with Crippen LogP contribution in [0.2, 0.25) is 0 Å². The summed E-state index contributed by atoms with van der Waals surface area (Å²) in [7, 11) is -1.33. The molecule has 0 heterocycles. The van der Waals surface area contributed by atoms with E-state index in [0.29, 0.717) is 5.75 Å². The highest BCUT2D eigenvalue weighted by Crippen LogP contribution is 2.32. The second-order valence-corrected chi connectivity index (χ2v) is 4.59. The number of benzene rings is 1. The molecule has 1 aromatic carbocycles. The zero-order valence-electron chi connectivity index (χ0n) is 7.97. The summed E-state index contributed by atoms with van der Waals surface area (Å²) < 4.78 is 48.1. The van der Waals surface area contributed by atoms with Gasteiger partial charge in [-0.1, -0.05) is 6.92 Å². The van der Waals surface area contributed by atoms with E-state index in [2.05, 4.69) is 0 Å². The molecule has 0 aliphatic heterocycles. The molecule has 0 saturated heterocycles. The normalized spacial score (nSPS) is 13.9. The van der Waals surface area contributed by atoms with Crippen molar-refractivity contribution in [1.82, 2.24) is 0 Å². The highest BCUT2D eigenvalue weighted by atomic mass is 32.2. The van der Waals surface area contributed by atoms with Crippen LogP contribution in [0.5, 0.6) is 0 Å². The van der Waals surface area contributed by atoms with Crippen molar-refractivity contribution in [3.63, 3.8) is 0 Å². The summed E-state index contributed by atoms with van der Waals surface area (Å²) in [6, 6.07) is 2.86. The van der Waals surface area contributed by atoms with Gasteiger partial charge < -0.3 is 5.73 Å². The van der Waals surface area contributed by atoms with E-state index in [9.17, 15) is 17.4 Å². The lowest BCUT2D eigenvalue weighted by atomic mass is 10.2. The summed E-state index contributed by atoms with van der Waals surface area (Å²) >= 11 is 0. The van der Waals surface area contributed by atoms with Gasteiger partial charge in [-0.05, 0) is 18.2 Å². The molecule has 1 atom stereocenters. The van der Waals surface area contributed by atoms with Gasteiger partial charge in [-0.2, -0.15) is 13.2 Å². The van der Waals surface area contributed by atoms with Gasteiger partial charge in [-0.15, -0.1) is 0 Å². The van der Waals surface area contributed by atoms with Crippen molar-refractivity contribution in [3.8, 4) is 0 Å². The molecule has 0 amide bonds. The fourth-order valence-corrected chi connectivity index (χ4v) is 1.94. The summed E-state index contributed by atoms with van der Waals surface area (Å²) in [5.74, 6) is 0.329. The van der Waals surface area contributed by atoms with E-state index in [4.69, 9.17) is 5.73 Å². The van der Waals surface area contributed by atoms with Gasteiger partial charge in [0.2, 0.25) is 0 Å². The average Bonchev–Trinajstić information content (AvgIpc) is 2.15. The number of nitrogen functional groups attached to an aromatic ring is 1. The topological polar surface area (TPSA) is 43.1 Å². The number of hydrogen-bond acceptors (Lipinski definition) is 2. The molecule has 0 aliphatic carbocycles. The van der Waals surface area contributed by atoms with Crippen LogP contribution in [-0.4, -0.2) is 9.96 Å². The fourth-order valence-electron chi connectivity index (χ4n) is 1.09. The van der Waals surface area contributed by atoms with Crippen LogP contribution in [0.1, 0.15) is 12.5 Å². The van der Waals surface area contributed by atoms with Gasteiger partial charge in [-0.3, -0.25) is 4.21 Å². The molecule has 0 fully saturated rings. The lowest BCUT2D eigenvalue weighted by Crippen LogP contribution is -2.07. The molecular formula is C9H10F3NOS. The molecule has 0 aromatic heterocycles. The van der Waals surface area contributed by atoms with Gasteiger partial charge in [0.25, 0.3) is 0 Å². The quantitative estimate of drug-likeness (QED) is 0.803. The third kappa shape index (κ3) is 2.71. The van der Waals surface area contributed by atoms with Crippen molar-refractivity contribution in [1.29, 1.82) is 0 Å². The average molecular weight is 237 g/mol. The predicted octanol–water partition coefficient (Wildman–Crippen LogP) is 2.42. The molecule has 0 aliphatic rings. The molecule has 2 N–H and O–H groups in total. The molecule has 0 spiro atoms. The van der Waals surface area contributed by atoms with Crippen LogP contribution in [0.15, 0.2) is 23.1 Å². The molecule has 1 unspecified atom stereocenters. The molecular weight excluding hydrogens is 227 g/mol. The highest BCUT2D eigenvalue weighted by molar-refractivity contribution is 7.85. The van der Waals surface area contributed by atoms with E-state index in [1.807, 2.05) is 0 Å². The Bertz CT molecular complexity index is 389. The Balaban J connectivity index is 3.15. The molecule has 6 heteroatoms. The molecule has 1 aromatic rings. The van der Waals surface area contributed by atoms with Gasteiger partial charge in [0.1, 0.15) is 0 Å². The van der Waals surface area contributed by atoms with Crippen molar-refractivity contribution in [2.75, 3.05) is 11.5 Å². The number of halogens is 3. The summed E-state index contributed by atoms with van der Waals surface area (Å²) in [5.41, 5.74) is 4.50. The first-order chi connectivity index (χ1) is 6.86. The molecule has 0 bridgehead atoms. The minimum absolute atomic E-state index is 0.0787. The second-order valence-electron chi connectivity index (χ2n) is 2.88. The van der Waals surface area contributed by atoms with E-state index in [-0.39, 0.29) is 10.6 Å². The Morgan fingerprint density at radius 1 is 1.40 bits per heavy atom. The fraction of sp³-hybridized carbons (Fsp3) is 0.333. The number of rotatable bonds is 2. The number of alkyl halides is 3. The minimum atomic E-state index is -4.42. The zero-order valence-corrected chi connectivity index (χ0v) is 8.78. The first-order valence-corrected chi connectivity index (χ1v) is 5.53. The maximum absolute atomic E-state index is 12.3. The van der Waals surface area contributed by atoms with Crippen molar-refractivity contribution >= 4 is 16.5 Å². The van der Waals surface area contributed by atoms with Gasteiger partial charge >= 0.3 is 6.18 Å². The van der Waals surface area contributed by atoms with Crippen LogP contribution in [0, 0.1) is 0 Å². The van der Waals surface area contributed by atoms with Crippen molar-refractivity contribution in [3.05, 3.63) is 23.8 Å². The maximum Gasteiger partial charge on any atom is 0.416 e. The first kappa shape index (κ1) is 12.0. The molecule has 15 heavy (non-hydrogen) atoms. The molecule has 1 rings (SSSR count). The third-order valence-electron chi connectivity index (χ3n) is 1.84. The van der Waals surface area contributed by atoms with E-state index < -0.39 is 22.5 Å². The molecule has 0 saturated carbocycles. The lowest BCUT2D eigenvalue weighted by molar-refractivity contribution is -0.137. The van der Waals surface area contributed by atoms with Crippen molar-refractivity contribution < 1.29 is 17.4 Å². The monoisotopic (exact) mass is 237 g/mol. The standard InChI is InChI=1S/C9H10F3NOS/c1-2-15(14)8-4-3-6(5-7(8)13)9(10,11)12/h3-5H,2,13H2,1H3. The Kier molecular flexibility index (Phi) is 3.38. The predicted molar refractivity (Wildman–Crippen MR) is 52.8 cm³/mol. The highest BCUT2D eigenvalue weighted by Gasteiger charge is 2.31. The number of nitrogens with two attached hydrogens (primary N) is 1. The second kappa shape index (κ2) is 4.22. The van der Waals surface area contributed by atoms with E-state index in [1.54, 1.807) is 6.92 Å². The van der Waals surface area contributed by atoms with Gasteiger partial charge in [0, 0.05) is 11.4 Å². The van der Waals surface area contributed by atoms with E-state index in [1.165, 1.54) is 0 Å². The maximum atomic E-state index is 12.3. The van der Waals surface area contributed by atoms with Crippen LogP contribution in [0.4, 0.5) is 18.9 Å². The minimum Gasteiger partial charge on any atom is -0.398 e. The third-order valence-corrected chi connectivity index (χ3v) is 3.23. The van der Waals surface area contributed by atoms with Crippen molar-refractivity contribution in [2.45, 2.75) is 18.0 Å². The summed E-state index contributed by atoms with van der Waals surface area (Å²) in [6.07, 6.45) is -4.42. The Hall–Kier alpha value is -1.04. The Labute approximate surface area is 87.7 Å². The summed E-state index contributed by atoms with van der Waals surface area (Å²) in [6.45, 7) is 1.67. The Morgan fingerprint density at radius 3 is 2.40 bits per heavy atom. The largest absolute Gasteiger partial charge is 0.416 e. The van der Waals surface area contributed by atoms with Gasteiger partial charge in [-0.25, -0.2) is 0 Å². The molecule has 0 radical (unpaired) electrons. The molecule has 2 nitrogen and oxygen atoms in total. The van der Waals surface area contributed by atoms with E-state index in [0.717, 1.165) is 18.2 Å². The SMILES string of the molecule is CCS(=O)c1ccc(C(F)(F)F)cc1N. The summed E-state index contributed by atoms with van der Waals surface area (Å²) in [5, 5.41) is 0. The lowest BCUT2D eigenvalue weighted by Gasteiger charge is -2.09. The van der Waals surface area contributed by atoms with Gasteiger partial charge in [0.05, 0.1) is 21.3 Å². The van der Waals surface area contributed by atoms with Crippen molar-refractivity contribution in [2.24, 2.45) is 0 Å².